The van der Waals surface area contributed by atoms with E-state index < -0.39 is 0 Å². The third-order valence-electron chi connectivity index (χ3n) is 4.91. The number of unbranched alkanes of at least 4 members (excludes halogenated alkanes) is 1. The van der Waals surface area contributed by atoms with Crippen LogP contribution in [-0.2, 0) is 4.79 Å². The molecule has 1 aliphatic heterocycles. The third-order valence-corrected chi connectivity index (χ3v) is 4.91. The van der Waals surface area contributed by atoms with Gasteiger partial charge in [-0.05, 0) is 18.4 Å². The first-order valence-electron chi connectivity index (χ1n) is 9.47. The molecule has 1 fully saturated rings. The molecule has 132 valence electrons. The molecule has 1 heterocycles. The molecule has 2 rings (SSSR count). The van der Waals surface area contributed by atoms with E-state index in [0.717, 1.165) is 52.0 Å². The maximum absolute atomic E-state index is 12.6. The summed E-state index contributed by atoms with van der Waals surface area (Å²) in [4.78, 5) is 17.1. The molecule has 1 aromatic rings. The predicted molar refractivity (Wildman–Crippen MR) is 102 cm³/mol. The second kappa shape index (κ2) is 10.3. The Morgan fingerprint density at radius 2 is 1.83 bits per heavy atom. The molecule has 1 atom stereocenters. The number of hydrogen-bond donors (Lipinski definition) is 0. The van der Waals surface area contributed by atoms with Gasteiger partial charge in [0.25, 0.3) is 0 Å². The van der Waals surface area contributed by atoms with Crippen LogP contribution in [0.1, 0.15) is 45.1 Å². The smallest absolute Gasteiger partial charge is 0.225 e. The van der Waals surface area contributed by atoms with E-state index >= 15 is 0 Å². The Balaban J connectivity index is 1.74. The van der Waals surface area contributed by atoms with Crippen LogP contribution in [0.3, 0.4) is 0 Å². The summed E-state index contributed by atoms with van der Waals surface area (Å²) in [5.41, 5.74) is 1.24. The third kappa shape index (κ3) is 5.79. The summed E-state index contributed by atoms with van der Waals surface area (Å²) in [5.74, 6) is 0.611. The zero-order valence-electron chi connectivity index (χ0n) is 15.3. The van der Waals surface area contributed by atoms with Gasteiger partial charge in [0.1, 0.15) is 0 Å². The maximum atomic E-state index is 12.6. The number of hydrogen-bond acceptors (Lipinski definition) is 2. The van der Waals surface area contributed by atoms with Crippen molar-refractivity contribution >= 4 is 12.0 Å². The number of nitrogens with zero attached hydrogens (tertiary/aromatic N) is 2. The Bertz CT molecular complexity index is 504. The summed E-state index contributed by atoms with van der Waals surface area (Å²) in [6.45, 7) is 9.01. The zero-order valence-corrected chi connectivity index (χ0v) is 15.3. The van der Waals surface area contributed by atoms with Crippen molar-refractivity contribution in [2.24, 2.45) is 5.92 Å². The molecule has 3 heteroatoms. The first-order chi connectivity index (χ1) is 11.7. The second-order valence-electron chi connectivity index (χ2n) is 6.69. The van der Waals surface area contributed by atoms with Gasteiger partial charge in [-0.15, -0.1) is 0 Å². The Hall–Kier alpha value is -1.61. The first kappa shape index (κ1) is 18.7. The van der Waals surface area contributed by atoms with E-state index in [1.807, 2.05) is 6.07 Å². The van der Waals surface area contributed by atoms with Crippen molar-refractivity contribution < 1.29 is 4.79 Å². The molecule has 24 heavy (non-hydrogen) atoms. The van der Waals surface area contributed by atoms with Crippen LogP contribution in [0.5, 0.6) is 0 Å². The van der Waals surface area contributed by atoms with E-state index in [1.165, 1.54) is 12.0 Å². The van der Waals surface area contributed by atoms with Crippen molar-refractivity contribution in [1.29, 1.82) is 0 Å². The van der Waals surface area contributed by atoms with Crippen molar-refractivity contribution in [3.63, 3.8) is 0 Å². The summed E-state index contributed by atoms with van der Waals surface area (Å²) >= 11 is 0. The molecule has 0 spiro atoms. The summed E-state index contributed by atoms with van der Waals surface area (Å²) in [5, 5.41) is 0. The lowest BCUT2D eigenvalue weighted by molar-refractivity contribution is -0.137. The molecule has 1 aromatic carbocycles. The number of carbonyl (C=O) groups is 1. The SMILES string of the molecule is CCCC[C@H](CC)C(=O)N1CCN(C/C=C/c2ccccc2)CC1. The monoisotopic (exact) mass is 328 g/mol. The molecule has 0 aliphatic carbocycles. The molecular formula is C21H32N2O. The normalized spacial score (nSPS) is 17.3. The van der Waals surface area contributed by atoms with Crippen molar-refractivity contribution in [3.05, 3.63) is 42.0 Å². The first-order valence-corrected chi connectivity index (χ1v) is 9.47. The highest BCUT2D eigenvalue weighted by molar-refractivity contribution is 5.78. The second-order valence-corrected chi connectivity index (χ2v) is 6.69. The van der Waals surface area contributed by atoms with E-state index in [2.05, 4.69) is 60.1 Å². The molecule has 1 aliphatic rings. The fourth-order valence-corrected chi connectivity index (χ4v) is 3.26. The number of amides is 1. The Morgan fingerprint density at radius 1 is 1.12 bits per heavy atom. The molecule has 0 radical (unpaired) electrons. The van der Waals surface area contributed by atoms with Gasteiger partial charge < -0.3 is 4.90 Å². The largest absolute Gasteiger partial charge is 0.340 e. The molecule has 3 nitrogen and oxygen atoms in total. The van der Waals surface area contributed by atoms with Crippen LogP contribution < -0.4 is 0 Å². The summed E-state index contributed by atoms with van der Waals surface area (Å²) in [7, 11) is 0. The van der Waals surface area contributed by atoms with Crippen molar-refractivity contribution in [3.8, 4) is 0 Å². The van der Waals surface area contributed by atoms with E-state index in [0.29, 0.717) is 5.91 Å². The molecule has 0 aromatic heterocycles. The summed E-state index contributed by atoms with van der Waals surface area (Å²) in [6, 6.07) is 10.4. The fraction of sp³-hybridized carbons (Fsp3) is 0.571. The fourth-order valence-electron chi connectivity index (χ4n) is 3.26. The molecule has 0 unspecified atom stereocenters. The van der Waals surface area contributed by atoms with Crippen LogP contribution in [0.15, 0.2) is 36.4 Å². The van der Waals surface area contributed by atoms with Gasteiger partial charge in [-0.2, -0.15) is 0 Å². The Labute approximate surface area is 147 Å². The molecular weight excluding hydrogens is 296 g/mol. The predicted octanol–water partition coefficient (Wildman–Crippen LogP) is 4.06. The minimum atomic E-state index is 0.231. The number of rotatable bonds is 8. The van der Waals surface area contributed by atoms with Gasteiger partial charge in [0.05, 0.1) is 0 Å². The Morgan fingerprint density at radius 3 is 2.46 bits per heavy atom. The quantitative estimate of drug-likeness (QED) is 0.718. The zero-order chi connectivity index (χ0) is 17.2. The number of piperazine rings is 1. The van der Waals surface area contributed by atoms with E-state index in [-0.39, 0.29) is 5.92 Å². The van der Waals surface area contributed by atoms with Gasteiger partial charge in [-0.25, -0.2) is 0 Å². The summed E-state index contributed by atoms with van der Waals surface area (Å²) in [6.07, 6.45) is 8.75. The van der Waals surface area contributed by atoms with Gasteiger partial charge >= 0.3 is 0 Å². The molecule has 0 N–H and O–H groups in total. The van der Waals surface area contributed by atoms with Gasteiger partial charge in [0, 0.05) is 38.6 Å². The van der Waals surface area contributed by atoms with Crippen molar-refractivity contribution in [2.45, 2.75) is 39.5 Å². The van der Waals surface area contributed by atoms with Crippen LogP contribution in [-0.4, -0.2) is 48.4 Å². The lowest BCUT2D eigenvalue weighted by Crippen LogP contribution is -2.50. The van der Waals surface area contributed by atoms with Crippen molar-refractivity contribution in [1.82, 2.24) is 9.80 Å². The van der Waals surface area contributed by atoms with Gasteiger partial charge in [-0.1, -0.05) is 69.2 Å². The standard InChI is InChI=1S/C21H32N2O/c1-3-5-13-20(4-2)21(24)23-17-15-22(16-18-23)14-9-12-19-10-7-6-8-11-19/h6-12,20H,3-5,13-18H2,1-2H3/b12-9+/t20-/m0/s1. The lowest BCUT2D eigenvalue weighted by Gasteiger charge is -2.36. The average Bonchev–Trinajstić information content (AvgIpc) is 2.63. The van der Waals surface area contributed by atoms with E-state index in [1.54, 1.807) is 0 Å². The topological polar surface area (TPSA) is 23.6 Å². The van der Waals surface area contributed by atoms with Crippen LogP contribution in [0, 0.1) is 5.92 Å². The van der Waals surface area contributed by atoms with E-state index in [9.17, 15) is 4.79 Å². The minimum Gasteiger partial charge on any atom is -0.340 e. The molecule has 1 amide bonds. The maximum Gasteiger partial charge on any atom is 0.225 e. The van der Waals surface area contributed by atoms with Gasteiger partial charge in [0.15, 0.2) is 0 Å². The molecule has 0 saturated carbocycles. The molecule has 0 bridgehead atoms. The van der Waals surface area contributed by atoms with Crippen molar-refractivity contribution in [2.75, 3.05) is 32.7 Å². The highest BCUT2D eigenvalue weighted by atomic mass is 16.2. The molecule has 1 saturated heterocycles. The average molecular weight is 329 g/mol. The van der Waals surface area contributed by atoms with Crippen LogP contribution in [0.25, 0.3) is 6.08 Å². The van der Waals surface area contributed by atoms with Crippen LogP contribution in [0.2, 0.25) is 0 Å². The van der Waals surface area contributed by atoms with E-state index in [4.69, 9.17) is 0 Å². The van der Waals surface area contributed by atoms with Gasteiger partial charge in [-0.3, -0.25) is 9.69 Å². The van der Waals surface area contributed by atoms with Crippen LogP contribution in [0.4, 0.5) is 0 Å². The van der Waals surface area contributed by atoms with Gasteiger partial charge in [0.2, 0.25) is 5.91 Å². The number of carbonyl (C=O) groups excluding carboxylic acids is 1. The highest BCUT2D eigenvalue weighted by Gasteiger charge is 2.25. The Kier molecular flexibility index (Phi) is 8.03. The highest BCUT2D eigenvalue weighted by Crippen LogP contribution is 2.17. The lowest BCUT2D eigenvalue weighted by atomic mass is 9.97. The minimum absolute atomic E-state index is 0.231. The summed E-state index contributed by atoms with van der Waals surface area (Å²) < 4.78 is 0. The van der Waals surface area contributed by atoms with Crippen LogP contribution >= 0.6 is 0 Å². The number of benzene rings is 1.